The average Bonchev–Trinajstić information content (AvgIpc) is 2.40. The molecule has 0 unspecified atom stereocenters. The number of thioether (sulfide) groups is 1. The van der Waals surface area contributed by atoms with Crippen molar-refractivity contribution in [3.63, 3.8) is 0 Å². The van der Waals surface area contributed by atoms with Crippen LogP contribution in [0.1, 0.15) is 10.4 Å². The van der Waals surface area contributed by atoms with Crippen LogP contribution in [0.15, 0.2) is 17.1 Å². The topological polar surface area (TPSA) is 74.5 Å². The first-order valence-electron chi connectivity index (χ1n) is 4.88. The summed E-state index contributed by atoms with van der Waals surface area (Å²) in [6, 6.07) is 1.46. The first kappa shape index (κ1) is 14.9. The number of nitriles is 1. The van der Waals surface area contributed by atoms with Crippen molar-refractivity contribution < 1.29 is 18.3 Å². The van der Waals surface area contributed by atoms with Crippen LogP contribution in [0.3, 0.4) is 0 Å². The number of carbonyl (C=O) groups excluding carboxylic acids is 1. The summed E-state index contributed by atoms with van der Waals surface area (Å²) in [6.45, 7) is 0. The fraction of sp³-hybridized carbons (Fsp3) is 0.182. The van der Waals surface area contributed by atoms with Gasteiger partial charge in [0.1, 0.15) is 11.5 Å². The lowest BCUT2D eigenvalue weighted by atomic mass is 10.2. The zero-order valence-electron chi connectivity index (χ0n) is 10.0. The quantitative estimate of drug-likeness (QED) is 0.296. The lowest BCUT2D eigenvalue weighted by molar-refractivity contribution is 0.0595. The van der Waals surface area contributed by atoms with Gasteiger partial charge in [-0.15, -0.1) is 0 Å². The number of halogens is 2. The highest BCUT2D eigenvalue weighted by Gasteiger charge is 2.16. The molecule has 1 rings (SSSR count). The van der Waals surface area contributed by atoms with Crippen molar-refractivity contribution in [3.8, 4) is 6.19 Å². The van der Waals surface area contributed by atoms with E-state index in [4.69, 9.17) is 5.26 Å². The van der Waals surface area contributed by atoms with Crippen molar-refractivity contribution in [2.45, 2.75) is 0 Å². The van der Waals surface area contributed by atoms with Gasteiger partial charge in [-0.2, -0.15) is 5.26 Å². The molecule has 1 aromatic rings. The standard InChI is InChI=1S/C11H9F2N3O2S/c1-18-10(17)6-3-9(8(13)4-7(6)12)16-11(19-2)15-5-14/h3-4H,1-2H3,(H,15,16). The van der Waals surface area contributed by atoms with Gasteiger partial charge >= 0.3 is 5.97 Å². The van der Waals surface area contributed by atoms with Crippen LogP contribution in [0.25, 0.3) is 0 Å². The molecular formula is C11H9F2N3O2S. The van der Waals surface area contributed by atoms with Gasteiger partial charge in [-0.05, 0) is 12.3 Å². The van der Waals surface area contributed by atoms with Crippen LogP contribution in [0.4, 0.5) is 14.5 Å². The SMILES string of the molecule is COC(=O)c1cc(N=C(NC#N)SC)c(F)cc1F. The monoisotopic (exact) mass is 285 g/mol. The van der Waals surface area contributed by atoms with Crippen LogP contribution in [0, 0.1) is 23.1 Å². The molecule has 0 saturated heterocycles. The second-order valence-electron chi connectivity index (χ2n) is 3.13. The molecule has 19 heavy (non-hydrogen) atoms. The Morgan fingerprint density at radius 3 is 2.68 bits per heavy atom. The van der Waals surface area contributed by atoms with Crippen molar-refractivity contribution in [2.24, 2.45) is 4.99 Å². The van der Waals surface area contributed by atoms with Gasteiger partial charge in [0.25, 0.3) is 0 Å². The van der Waals surface area contributed by atoms with E-state index in [1.165, 1.54) is 0 Å². The van der Waals surface area contributed by atoms with E-state index < -0.39 is 23.2 Å². The number of amidine groups is 1. The normalized spacial score (nSPS) is 10.8. The van der Waals surface area contributed by atoms with Crippen LogP contribution in [0.5, 0.6) is 0 Å². The molecule has 0 fully saturated rings. The molecule has 0 heterocycles. The maximum absolute atomic E-state index is 13.5. The lowest BCUT2D eigenvalue weighted by Crippen LogP contribution is -2.13. The molecule has 0 aliphatic rings. The minimum Gasteiger partial charge on any atom is -0.465 e. The first-order chi connectivity index (χ1) is 9.03. The van der Waals surface area contributed by atoms with Gasteiger partial charge in [-0.1, -0.05) is 11.8 Å². The van der Waals surface area contributed by atoms with Gasteiger partial charge in [0.2, 0.25) is 0 Å². The number of ether oxygens (including phenoxy) is 1. The van der Waals surface area contributed by atoms with E-state index in [9.17, 15) is 13.6 Å². The number of hydrogen-bond donors (Lipinski definition) is 1. The predicted molar refractivity (Wildman–Crippen MR) is 67.1 cm³/mol. The van der Waals surface area contributed by atoms with Crippen molar-refractivity contribution in [2.75, 3.05) is 13.4 Å². The van der Waals surface area contributed by atoms with Gasteiger partial charge in [-0.3, -0.25) is 5.32 Å². The van der Waals surface area contributed by atoms with Gasteiger partial charge in [-0.25, -0.2) is 18.6 Å². The maximum atomic E-state index is 13.5. The molecule has 5 nitrogen and oxygen atoms in total. The van der Waals surface area contributed by atoms with Crippen molar-refractivity contribution >= 4 is 28.6 Å². The third-order valence-corrected chi connectivity index (χ3v) is 2.60. The maximum Gasteiger partial charge on any atom is 0.340 e. The Morgan fingerprint density at radius 1 is 1.47 bits per heavy atom. The number of aliphatic imine (C=N–C) groups is 1. The van der Waals surface area contributed by atoms with Crippen molar-refractivity contribution in [1.82, 2.24) is 5.32 Å². The largest absolute Gasteiger partial charge is 0.465 e. The first-order valence-corrected chi connectivity index (χ1v) is 6.11. The summed E-state index contributed by atoms with van der Waals surface area (Å²) < 4.78 is 31.3. The van der Waals surface area contributed by atoms with E-state index in [0.717, 1.165) is 24.9 Å². The number of benzene rings is 1. The minimum absolute atomic E-state index is 0.115. The Kier molecular flexibility index (Phi) is 5.26. The van der Waals surface area contributed by atoms with Crippen LogP contribution < -0.4 is 5.32 Å². The van der Waals surface area contributed by atoms with Gasteiger partial charge < -0.3 is 4.74 Å². The Hall–Kier alpha value is -2.14. The van der Waals surface area contributed by atoms with Crippen molar-refractivity contribution in [1.29, 1.82) is 5.26 Å². The molecule has 0 aliphatic carbocycles. The third-order valence-electron chi connectivity index (χ3n) is 2.02. The zero-order chi connectivity index (χ0) is 14.4. The number of hydrogen-bond acceptors (Lipinski definition) is 5. The molecule has 1 N–H and O–H groups in total. The second-order valence-corrected chi connectivity index (χ2v) is 3.93. The summed E-state index contributed by atoms with van der Waals surface area (Å²) >= 11 is 1.06. The average molecular weight is 285 g/mol. The summed E-state index contributed by atoms with van der Waals surface area (Å²) in [5, 5.41) is 10.8. The number of nitrogens with zero attached hydrogens (tertiary/aromatic N) is 2. The highest BCUT2D eigenvalue weighted by atomic mass is 32.2. The highest BCUT2D eigenvalue weighted by molar-refractivity contribution is 8.13. The summed E-state index contributed by atoms with van der Waals surface area (Å²) in [5.41, 5.74) is -0.700. The lowest BCUT2D eigenvalue weighted by Gasteiger charge is -2.05. The van der Waals surface area contributed by atoms with E-state index in [0.29, 0.717) is 6.07 Å². The summed E-state index contributed by atoms with van der Waals surface area (Å²) in [7, 11) is 1.08. The van der Waals surface area contributed by atoms with Crippen LogP contribution >= 0.6 is 11.8 Å². The van der Waals surface area contributed by atoms with Gasteiger partial charge in [0.05, 0.1) is 12.7 Å². The molecule has 8 heteroatoms. The van der Waals surface area contributed by atoms with Gasteiger partial charge in [0.15, 0.2) is 17.2 Å². The Labute approximate surface area is 112 Å². The highest BCUT2D eigenvalue weighted by Crippen LogP contribution is 2.23. The second kappa shape index (κ2) is 6.70. The Balaban J connectivity index is 3.29. The van der Waals surface area contributed by atoms with E-state index in [1.807, 2.05) is 0 Å². The zero-order valence-corrected chi connectivity index (χ0v) is 10.8. The molecule has 1 aromatic carbocycles. The van der Waals surface area contributed by atoms with Crippen molar-refractivity contribution in [3.05, 3.63) is 29.3 Å². The number of carbonyl (C=O) groups is 1. The molecule has 100 valence electrons. The Bertz CT molecular complexity index is 570. The Morgan fingerprint density at radius 2 is 2.16 bits per heavy atom. The minimum atomic E-state index is -1.04. The molecule has 0 aromatic heterocycles. The number of methoxy groups -OCH3 is 1. The van der Waals surface area contributed by atoms with Crippen LogP contribution in [0.2, 0.25) is 0 Å². The molecule has 0 amide bonds. The molecule has 0 spiro atoms. The molecule has 0 atom stereocenters. The van der Waals surface area contributed by atoms with Crippen LogP contribution in [-0.2, 0) is 4.74 Å². The smallest absolute Gasteiger partial charge is 0.340 e. The summed E-state index contributed by atoms with van der Waals surface area (Å²) in [5.74, 6) is -2.92. The summed E-state index contributed by atoms with van der Waals surface area (Å²) in [6.07, 6.45) is 3.25. The molecule has 0 radical (unpaired) electrons. The molecule has 0 saturated carbocycles. The fourth-order valence-electron chi connectivity index (χ4n) is 1.17. The molecule has 0 bridgehead atoms. The third kappa shape index (κ3) is 3.66. The summed E-state index contributed by atoms with van der Waals surface area (Å²) in [4.78, 5) is 15.1. The molecule has 0 aliphatic heterocycles. The number of nitrogens with one attached hydrogen (secondary N) is 1. The van der Waals surface area contributed by atoms with E-state index in [2.05, 4.69) is 15.0 Å². The van der Waals surface area contributed by atoms with Crippen LogP contribution in [-0.4, -0.2) is 24.5 Å². The van der Waals surface area contributed by atoms with E-state index in [1.54, 1.807) is 12.4 Å². The fourth-order valence-corrected chi connectivity index (χ4v) is 1.51. The van der Waals surface area contributed by atoms with E-state index in [-0.39, 0.29) is 10.9 Å². The van der Waals surface area contributed by atoms with E-state index >= 15 is 0 Å². The number of rotatable bonds is 2. The van der Waals surface area contributed by atoms with Gasteiger partial charge in [0, 0.05) is 6.07 Å². The molecular weight excluding hydrogens is 276 g/mol. The predicted octanol–water partition coefficient (Wildman–Crippen LogP) is 2.17. The number of esters is 1.